The van der Waals surface area contributed by atoms with Crippen LogP contribution >= 0.6 is 0 Å². The third kappa shape index (κ3) is 2.42. The maximum atomic E-state index is 4.73. The van der Waals surface area contributed by atoms with E-state index < -0.39 is 0 Å². The van der Waals surface area contributed by atoms with Crippen LogP contribution in [-0.2, 0) is 19.3 Å². The fraction of sp³-hybridized carbons (Fsp3) is 0.208. The summed E-state index contributed by atoms with van der Waals surface area (Å²) >= 11 is 0. The minimum Gasteiger partial charge on any atom is -0.281 e. The molecule has 0 bridgehead atoms. The molecule has 1 heteroatoms. The van der Waals surface area contributed by atoms with Gasteiger partial charge in [0.2, 0.25) is 0 Å². The Morgan fingerprint density at radius 3 is 2.64 bits per heavy atom. The quantitative estimate of drug-likeness (QED) is 0.671. The highest BCUT2D eigenvalue weighted by Gasteiger charge is 2.25. The van der Waals surface area contributed by atoms with Gasteiger partial charge in [-0.1, -0.05) is 60.7 Å². The van der Waals surface area contributed by atoms with Crippen molar-refractivity contribution >= 4 is 11.8 Å². The SMILES string of the molecule is C1=CC=NC(C2=CCCc3c2ccc2c3CCc3ccccc3-2)C=C1. The Kier molecular flexibility index (Phi) is 3.52. The molecule has 0 aromatic heterocycles. The van der Waals surface area contributed by atoms with E-state index in [0.29, 0.717) is 0 Å². The minimum atomic E-state index is 0.142. The van der Waals surface area contributed by atoms with Crippen LogP contribution in [0.3, 0.4) is 0 Å². The fourth-order valence-corrected chi connectivity index (χ4v) is 4.47. The topological polar surface area (TPSA) is 12.4 Å². The Hall–Kier alpha value is -2.67. The monoisotopic (exact) mass is 323 g/mol. The van der Waals surface area contributed by atoms with E-state index in [1.165, 1.54) is 27.8 Å². The van der Waals surface area contributed by atoms with Crippen molar-refractivity contribution in [3.8, 4) is 11.1 Å². The maximum Gasteiger partial charge on any atom is 0.0936 e. The molecule has 2 aliphatic carbocycles. The molecule has 2 aromatic carbocycles. The van der Waals surface area contributed by atoms with Crippen molar-refractivity contribution in [2.45, 2.75) is 31.7 Å². The number of aryl methyl sites for hydroxylation is 1. The molecule has 1 heterocycles. The third-order valence-corrected chi connectivity index (χ3v) is 5.62. The molecule has 0 fully saturated rings. The van der Waals surface area contributed by atoms with Crippen LogP contribution in [0, 0.1) is 0 Å². The molecule has 0 N–H and O–H groups in total. The summed E-state index contributed by atoms with van der Waals surface area (Å²) in [6.45, 7) is 0. The summed E-state index contributed by atoms with van der Waals surface area (Å²) in [5.41, 5.74) is 10.3. The molecule has 5 rings (SSSR count). The van der Waals surface area contributed by atoms with Gasteiger partial charge in [0.05, 0.1) is 6.04 Å². The van der Waals surface area contributed by atoms with Crippen LogP contribution in [0.2, 0.25) is 0 Å². The van der Waals surface area contributed by atoms with Crippen molar-refractivity contribution < 1.29 is 0 Å². The number of allylic oxidation sites excluding steroid dienone is 4. The second kappa shape index (κ2) is 6.00. The Bertz CT molecular complexity index is 940. The zero-order valence-corrected chi connectivity index (χ0v) is 14.3. The van der Waals surface area contributed by atoms with Crippen molar-refractivity contribution in [2.75, 3.05) is 0 Å². The van der Waals surface area contributed by atoms with E-state index >= 15 is 0 Å². The van der Waals surface area contributed by atoms with Crippen molar-refractivity contribution in [2.24, 2.45) is 4.99 Å². The van der Waals surface area contributed by atoms with Crippen LogP contribution < -0.4 is 0 Å². The molecule has 25 heavy (non-hydrogen) atoms. The summed E-state index contributed by atoms with van der Waals surface area (Å²) in [6.07, 6.45) is 17.3. The first-order valence-corrected chi connectivity index (χ1v) is 9.22. The van der Waals surface area contributed by atoms with E-state index in [1.54, 1.807) is 11.1 Å². The lowest BCUT2D eigenvalue weighted by atomic mass is 9.77. The van der Waals surface area contributed by atoms with Crippen LogP contribution in [0.25, 0.3) is 16.7 Å². The molecular weight excluding hydrogens is 302 g/mol. The third-order valence-electron chi connectivity index (χ3n) is 5.62. The number of rotatable bonds is 1. The summed E-state index contributed by atoms with van der Waals surface area (Å²) in [5.74, 6) is 0. The molecule has 1 aliphatic heterocycles. The number of hydrogen-bond acceptors (Lipinski definition) is 1. The second-order valence-electron chi connectivity index (χ2n) is 6.99. The molecule has 1 unspecified atom stereocenters. The Morgan fingerprint density at radius 1 is 0.760 bits per heavy atom. The van der Waals surface area contributed by atoms with E-state index in [2.05, 4.69) is 60.7 Å². The first-order chi connectivity index (χ1) is 12.4. The number of fused-ring (bicyclic) bond motifs is 5. The van der Waals surface area contributed by atoms with Crippen LogP contribution in [-0.4, -0.2) is 12.3 Å². The predicted molar refractivity (Wildman–Crippen MR) is 106 cm³/mol. The van der Waals surface area contributed by atoms with E-state index in [1.807, 2.05) is 12.3 Å². The van der Waals surface area contributed by atoms with Gasteiger partial charge in [-0.05, 0) is 70.7 Å². The fourth-order valence-electron chi connectivity index (χ4n) is 4.47. The molecule has 3 aliphatic rings. The van der Waals surface area contributed by atoms with Crippen LogP contribution in [0.5, 0.6) is 0 Å². The normalized spacial score (nSPS) is 20.3. The number of benzene rings is 2. The zero-order valence-electron chi connectivity index (χ0n) is 14.3. The van der Waals surface area contributed by atoms with E-state index in [9.17, 15) is 0 Å². The van der Waals surface area contributed by atoms with Crippen molar-refractivity contribution in [3.05, 3.63) is 89.0 Å². The highest BCUT2D eigenvalue weighted by atomic mass is 14.8. The number of nitrogens with zero attached hydrogens (tertiary/aromatic N) is 1. The lowest BCUT2D eigenvalue weighted by Gasteiger charge is -2.28. The molecule has 0 amide bonds. The van der Waals surface area contributed by atoms with Gasteiger partial charge in [0, 0.05) is 6.21 Å². The molecule has 0 radical (unpaired) electrons. The summed E-state index contributed by atoms with van der Waals surface area (Å²) in [5, 5.41) is 0. The maximum absolute atomic E-state index is 4.73. The van der Waals surface area contributed by atoms with Crippen LogP contribution in [0.15, 0.2) is 71.8 Å². The molecule has 1 atom stereocenters. The highest BCUT2D eigenvalue weighted by molar-refractivity contribution is 5.84. The van der Waals surface area contributed by atoms with Gasteiger partial charge in [-0.15, -0.1) is 0 Å². The van der Waals surface area contributed by atoms with Crippen LogP contribution in [0.1, 0.15) is 28.7 Å². The van der Waals surface area contributed by atoms with Gasteiger partial charge < -0.3 is 0 Å². The average Bonchev–Trinajstić information content (AvgIpc) is 2.96. The first-order valence-electron chi connectivity index (χ1n) is 9.22. The van der Waals surface area contributed by atoms with E-state index in [-0.39, 0.29) is 6.04 Å². The predicted octanol–water partition coefficient (Wildman–Crippen LogP) is 5.35. The van der Waals surface area contributed by atoms with Gasteiger partial charge in [0.25, 0.3) is 0 Å². The summed E-state index contributed by atoms with van der Waals surface area (Å²) in [4.78, 5) is 4.73. The molecule has 122 valence electrons. The largest absolute Gasteiger partial charge is 0.281 e. The highest BCUT2D eigenvalue weighted by Crippen LogP contribution is 2.41. The molecule has 0 spiro atoms. The molecular formula is C24H21N. The van der Waals surface area contributed by atoms with E-state index in [4.69, 9.17) is 4.99 Å². The van der Waals surface area contributed by atoms with Gasteiger partial charge in [-0.3, -0.25) is 4.99 Å². The van der Waals surface area contributed by atoms with Gasteiger partial charge in [-0.25, -0.2) is 0 Å². The van der Waals surface area contributed by atoms with Crippen molar-refractivity contribution in [1.82, 2.24) is 0 Å². The minimum absolute atomic E-state index is 0.142. The smallest absolute Gasteiger partial charge is 0.0936 e. The number of aliphatic imine (C=N–C) groups is 1. The van der Waals surface area contributed by atoms with Gasteiger partial charge in [-0.2, -0.15) is 0 Å². The van der Waals surface area contributed by atoms with Crippen molar-refractivity contribution in [3.63, 3.8) is 0 Å². The average molecular weight is 323 g/mol. The summed E-state index contributed by atoms with van der Waals surface area (Å²) < 4.78 is 0. The van der Waals surface area contributed by atoms with Gasteiger partial charge in [0.15, 0.2) is 0 Å². The molecule has 1 nitrogen and oxygen atoms in total. The molecule has 2 aromatic rings. The second-order valence-corrected chi connectivity index (χ2v) is 6.99. The lowest BCUT2D eigenvalue weighted by molar-refractivity contribution is 0.874. The summed E-state index contributed by atoms with van der Waals surface area (Å²) in [6, 6.07) is 13.7. The van der Waals surface area contributed by atoms with Gasteiger partial charge >= 0.3 is 0 Å². The first kappa shape index (κ1) is 14.7. The van der Waals surface area contributed by atoms with E-state index in [0.717, 1.165) is 25.7 Å². The Labute approximate surface area is 149 Å². The molecule has 0 saturated carbocycles. The zero-order chi connectivity index (χ0) is 16.6. The molecule has 0 saturated heterocycles. The number of hydrogen-bond donors (Lipinski definition) is 0. The Balaban J connectivity index is 1.63. The Morgan fingerprint density at radius 2 is 1.64 bits per heavy atom. The standard InChI is InChI=1S/C24H21N/c1-2-11-24(25-16-5-1)23-10-6-9-19-21-13-12-17-7-3-4-8-18(17)20(21)14-15-22(19)23/h1-5,7-8,10-11,14-16,24H,6,9,12-13H2. The van der Waals surface area contributed by atoms with Crippen molar-refractivity contribution in [1.29, 1.82) is 0 Å². The van der Waals surface area contributed by atoms with Gasteiger partial charge in [0.1, 0.15) is 0 Å². The summed E-state index contributed by atoms with van der Waals surface area (Å²) in [7, 11) is 0. The lowest BCUT2D eigenvalue weighted by Crippen LogP contribution is -2.15. The van der Waals surface area contributed by atoms with Crippen LogP contribution in [0.4, 0.5) is 0 Å².